The molecule has 1 heterocycles. The Kier molecular flexibility index (Phi) is 4.07. The third-order valence-corrected chi connectivity index (χ3v) is 6.20. The predicted molar refractivity (Wildman–Crippen MR) is 69.1 cm³/mol. The zero-order valence-electron chi connectivity index (χ0n) is 9.25. The van der Waals surface area contributed by atoms with E-state index in [9.17, 15) is 26.0 Å². The van der Waals surface area contributed by atoms with Crippen LogP contribution in [-0.2, 0) is 10.0 Å². The quantitative estimate of drug-likeness (QED) is 0.639. The number of benzene rings is 1. The Balaban J connectivity index is 2.53. The van der Waals surface area contributed by atoms with Gasteiger partial charge in [0.05, 0.1) is 0 Å². The number of anilines is 1. The maximum Gasteiger partial charge on any atom is 0.272 e. The lowest BCUT2D eigenvalue weighted by Crippen LogP contribution is -2.16. The largest absolute Gasteiger partial charge is 0.273 e. The molecule has 0 bridgehead atoms. The van der Waals surface area contributed by atoms with Crippen LogP contribution in [0.25, 0.3) is 0 Å². The van der Waals surface area contributed by atoms with Crippen molar-refractivity contribution in [2.24, 2.45) is 0 Å². The van der Waals surface area contributed by atoms with E-state index in [2.05, 4.69) is 15.9 Å². The number of nitrogens with one attached hydrogen (secondary N) is 1. The highest BCUT2D eigenvalue weighted by Crippen LogP contribution is 2.31. The second-order valence-corrected chi connectivity index (χ2v) is 7.15. The Labute approximate surface area is 123 Å². The molecule has 0 aliphatic heterocycles. The summed E-state index contributed by atoms with van der Waals surface area (Å²) in [5, 5.41) is 1.41. The molecule has 0 unspecified atom stereocenters. The van der Waals surface area contributed by atoms with E-state index in [0.29, 0.717) is 0 Å². The minimum absolute atomic E-state index is 0.0104. The third kappa shape index (κ3) is 2.67. The Bertz CT molecular complexity index is 750. The third-order valence-electron chi connectivity index (χ3n) is 2.18. The van der Waals surface area contributed by atoms with E-state index in [1.807, 2.05) is 0 Å². The van der Waals surface area contributed by atoms with Crippen LogP contribution in [0.4, 0.5) is 23.2 Å². The molecule has 3 nitrogen and oxygen atoms in total. The van der Waals surface area contributed by atoms with E-state index < -0.39 is 39.0 Å². The highest BCUT2D eigenvalue weighted by atomic mass is 79.9. The molecule has 0 atom stereocenters. The summed E-state index contributed by atoms with van der Waals surface area (Å²) < 4.78 is 78.0. The van der Waals surface area contributed by atoms with Gasteiger partial charge in [-0.1, -0.05) is 0 Å². The average Bonchev–Trinajstić information content (AvgIpc) is 2.79. The highest BCUT2D eigenvalue weighted by molar-refractivity contribution is 9.10. The molecule has 0 radical (unpaired) electrons. The van der Waals surface area contributed by atoms with Crippen LogP contribution in [-0.4, -0.2) is 8.42 Å². The number of hydrogen-bond acceptors (Lipinski definition) is 3. The molecule has 0 saturated heterocycles. The van der Waals surface area contributed by atoms with Gasteiger partial charge in [-0.25, -0.2) is 26.0 Å². The van der Waals surface area contributed by atoms with Crippen molar-refractivity contribution in [2.45, 2.75) is 4.21 Å². The molecule has 2 rings (SSSR count). The fraction of sp³-hybridized carbons (Fsp3) is 0. The lowest BCUT2D eigenvalue weighted by atomic mass is 10.3. The molecular formula is C10H4BrF4NO2S2. The summed E-state index contributed by atoms with van der Waals surface area (Å²) in [7, 11) is -4.37. The molecule has 0 amide bonds. The predicted octanol–water partition coefficient (Wildman–Crippen LogP) is 3.87. The topological polar surface area (TPSA) is 46.2 Å². The van der Waals surface area contributed by atoms with E-state index in [-0.39, 0.29) is 14.7 Å². The molecule has 1 N–H and O–H groups in total. The van der Waals surface area contributed by atoms with Crippen LogP contribution < -0.4 is 4.72 Å². The second kappa shape index (κ2) is 5.34. The normalized spacial score (nSPS) is 11.7. The standard InChI is InChI=1S/C10H4BrF4NO2S2/c11-4-1-2-19-10(4)20(17,18)16-9-7(14)5(12)3-6(13)8(9)15/h1-3,16H. The van der Waals surface area contributed by atoms with Crippen molar-refractivity contribution in [3.63, 3.8) is 0 Å². The number of hydrogen-bond donors (Lipinski definition) is 1. The van der Waals surface area contributed by atoms with Gasteiger partial charge in [0, 0.05) is 10.5 Å². The van der Waals surface area contributed by atoms with Crippen LogP contribution >= 0.6 is 27.3 Å². The van der Waals surface area contributed by atoms with Crippen LogP contribution in [0.3, 0.4) is 0 Å². The maximum atomic E-state index is 13.4. The van der Waals surface area contributed by atoms with Crippen LogP contribution in [0, 0.1) is 23.3 Å². The van der Waals surface area contributed by atoms with Crippen molar-refractivity contribution in [2.75, 3.05) is 4.72 Å². The minimum Gasteiger partial charge on any atom is -0.273 e. The smallest absolute Gasteiger partial charge is 0.272 e. The Morgan fingerprint density at radius 2 is 1.65 bits per heavy atom. The summed E-state index contributed by atoms with van der Waals surface area (Å²) in [5.74, 6) is -7.04. The van der Waals surface area contributed by atoms with Gasteiger partial charge >= 0.3 is 0 Å². The fourth-order valence-corrected chi connectivity index (χ4v) is 4.71. The number of thiophene rings is 1. The first-order chi connectivity index (χ1) is 9.24. The van der Waals surface area contributed by atoms with E-state index >= 15 is 0 Å². The minimum atomic E-state index is -4.37. The SMILES string of the molecule is O=S(=O)(Nc1c(F)c(F)cc(F)c1F)c1sccc1Br. The van der Waals surface area contributed by atoms with Gasteiger partial charge in [0.1, 0.15) is 5.69 Å². The summed E-state index contributed by atoms with van der Waals surface area (Å²) in [6, 6.07) is 1.39. The molecule has 20 heavy (non-hydrogen) atoms. The van der Waals surface area contributed by atoms with Gasteiger partial charge in [-0.3, -0.25) is 4.72 Å². The molecule has 1 aromatic heterocycles. The summed E-state index contributed by atoms with van der Waals surface area (Å²) in [6.45, 7) is 0. The monoisotopic (exact) mass is 389 g/mol. The molecule has 108 valence electrons. The lowest BCUT2D eigenvalue weighted by Gasteiger charge is -2.10. The van der Waals surface area contributed by atoms with E-state index in [4.69, 9.17) is 0 Å². The molecule has 2 aromatic rings. The number of sulfonamides is 1. The van der Waals surface area contributed by atoms with Crippen LogP contribution in [0.15, 0.2) is 26.2 Å². The van der Waals surface area contributed by atoms with Crippen molar-refractivity contribution < 1.29 is 26.0 Å². The Morgan fingerprint density at radius 1 is 1.10 bits per heavy atom. The zero-order chi connectivity index (χ0) is 15.1. The lowest BCUT2D eigenvalue weighted by molar-refractivity contribution is 0.459. The van der Waals surface area contributed by atoms with E-state index in [0.717, 1.165) is 11.3 Å². The van der Waals surface area contributed by atoms with E-state index in [1.165, 1.54) is 16.2 Å². The van der Waals surface area contributed by atoms with Crippen molar-refractivity contribution in [3.8, 4) is 0 Å². The van der Waals surface area contributed by atoms with Crippen LogP contribution in [0.5, 0.6) is 0 Å². The molecular weight excluding hydrogens is 386 g/mol. The first-order valence-corrected chi connectivity index (χ1v) is 7.98. The van der Waals surface area contributed by atoms with Gasteiger partial charge in [0.25, 0.3) is 10.0 Å². The molecule has 0 aliphatic rings. The first-order valence-electron chi connectivity index (χ1n) is 4.83. The summed E-state index contributed by atoms with van der Waals surface area (Å²) in [5.41, 5.74) is -1.40. The van der Waals surface area contributed by atoms with Crippen molar-refractivity contribution in [3.05, 3.63) is 45.3 Å². The summed E-state index contributed by atoms with van der Waals surface area (Å²) in [4.78, 5) is 0. The average molecular weight is 390 g/mol. The van der Waals surface area contributed by atoms with Gasteiger partial charge in [0.2, 0.25) is 0 Å². The molecule has 10 heteroatoms. The van der Waals surface area contributed by atoms with Crippen molar-refractivity contribution in [1.82, 2.24) is 0 Å². The van der Waals surface area contributed by atoms with Gasteiger partial charge in [-0.05, 0) is 27.4 Å². The van der Waals surface area contributed by atoms with Gasteiger partial charge in [-0.15, -0.1) is 11.3 Å². The van der Waals surface area contributed by atoms with Gasteiger partial charge in [-0.2, -0.15) is 0 Å². The molecule has 1 aromatic carbocycles. The molecule has 0 saturated carbocycles. The van der Waals surface area contributed by atoms with Gasteiger partial charge in [0.15, 0.2) is 27.5 Å². The summed E-state index contributed by atoms with van der Waals surface area (Å²) in [6.07, 6.45) is 0. The summed E-state index contributed by atoms with van der Waals surface area (Å²) >= 11 is 3.70. The second-order valence-electron chi connectivity index (χ2n) is 3.50. The Hall–Kier alpha value is -1.13. The highest BCUT2D eigenvalue weighted by Gasteiger charge is 2.26. The van der Waals surface area contributed by atoms with E-state index in [1.54, 1.807) is 0 Å². The molecule has 0 aliphatic carbocycles. The number of rotatable bonds is 3. The number of halogens is 5. The molecule has 0 spiro atoms. The first kappa shape index (κ1) is 15.3. The maximum absolute atomic E-state index is 13.4. The van der Waals surface area contributed by atoms with Crippen LogP contribution in [0.1, 0.15) is 0 Å². The van der Waals surface area contributed by atoms with Crippen molar-refractivity contribution in [1.29, 1.82) is 0 Å². The van der Waals surface area contributed by atoms with Crippen LogP contribution in [0.2, 0.25) is 0 Å². The Morgan fingerprint density at radius 3 is 2.10 bits per heavy atom. The van der Waals surface area contributed by atoms with Gasteiger partial charge < -0.3 is 0 Å². The zero-order valence-corrected chi connectivity index (χ0v) is 12.5. The fourth-order valence-electron chi connectivity index (χ4n) is 1.32. The molecule has 0 fully saturated rings. The van der Waals surface area contributed by atoms with Crippen molar-refractivity contribution >= 4 is 43.0 Å².